The molecule has 90 valence electrons. The number of aromatic hydroxyl groups is 1. The Hall–Kier alpha value is -1.75. The Morgan fingerprint density at radius 3 is 2.71 bits per heavy atom. The second-order valence-corrected chi connectivity index (χ2v) is 4.29. The molecule has 1 amide bonds. The summed E-state index contributed by atoms with van der Waals surface area (Å²) in [5.74, 6) is -1.99. The van der Waals surface area contributed by atoms with E-state index >= 15 is 0 Å². The molecule has 0 spiro atoms. The van der Waals surface area contributed by atoms with E-state index in [9.17, 15) is 14.7 Å². The van der Waals surface area contributed by atoms with E-state index in [1.54, 1.807) is 0 Å². The number of carboxylic acids is 1. The Morgan fingerprint density at radius 1 is 1.47 bits per heavy atom. The molecule has 0 bridgehead atoms. The van der Waals surface area contributed by atoms with Crippen molar-refractivity contribution >= 4 is 29.2 Å². The van der Waals surface area contributed by atoms with Gasteiger partial charge in [0, 0.05) is 18.7 Å². The highest BCUT2D eigenvalue weighted by molar-refractivity contribution is 6.32. The van der Waals surface area contributed by atoms with Crippen LogP contribution in [0, 0.1) is 5.92 Å². The molecule has 1 fully saturated rings. The average Bonchev–Trinajstić information content (AvgIpc) is 2.65. The van der Waals surface area contributed by atoms with Crippen LogP contribution in [0.3, 0.4) is 0 Å². The standard InChI is InChI=1S/C11H10ClNO4/c12-8-4-7(1-2-9(8)14)13-5-6(11(16)17)3-10(13)15/h1-2,4,6,14H,3,5H2,(H,16,17). The number of phenols is 1. The average molecular weight is 256 g/mol. The maximum Gasteiger partial charge on any atom is 0.308 e. The van der Waals surface area contributed by atoms with Crippen molar-refractivity contribution in [1.29, 1.82) is 0 Å². The third kappa shape index (κ3) is 2.19. The van der Waals surface area contributed by atoms with Gasteiger partial charge in [-0.3, -0.25) is 9.59 Å². The quantitative estimate of drug-likeness (QED) is 0.839. The van der Waals surface area contributed by atoms with Gasteiger partial charge in [-0.15, -0.1) is 0 Å². The van der Waals surface area contributed by atoms with Gasteiger partial charge in [0.25, 0.3) is 0 Å². The van der Waals surface area contributed by atoms with Crippen molar-refractivity contribution in [3.05, 3.63) is 23.2 Å². The molecule has 1 aromatic carbocycles. The number of halogens is 1. The molecule has 1 aromatic rings. The Balaban J connectivity index is 2.26. The summed E-state index contributed by atoms with van der Waals surface area (Å²) >= 11 is 5.73. The van der Waals surface area contributed by atoms with Gasteiger partial charge >= 0.3 is 5.97 Å². The molecule has 2 N–H and O–H groups in total. The number of hydrogen-bond acceptors (Lipinski definition) is 3. The van der Waals surface area contributed by atoms with E-state index in [0.29, 0.717) is 5.69 Å². The number of aliphatic carboxylic acids is 1. The maximum absolute atomic E-state index is 11.6. The van der Waals surface area contributed by atoms with Crippen LogP contribution in [-0.2, 0) is 9.59 Å². The van der Waals surface area contributed by atoms with Crippen molar-refractivity contribution in [3.8, 4) is 5.75 Å². The highest BCUT2D eigenvalue weighted by Crippen LogP contribution is 2.31. The first kappa shape index (κ1) is 11.7. The number of rotatable bonds is 2. The molecule has 1 aliphatic rings. The topological polar surface area (TPSA) is 77.8 Å². The van der Waals surface area contributed by atoms with Gasteiger partial charge in [0.15, 0.2) is 0 Å². The van der Waals surface area contributed by atoms with Gasteiger partial charge in [-0.1, -0.05) is 11.6 Å². The first-order chi connectivity index (χ1) is 7.99. The number of carbonyl (C=O) groups excluding carboxylic acids is 1. The minimum absolute atomic E-state index is 0.00612. The molecule has 0 saturated carbocycles. The lowest BCUT2D eigenvalue weighted by Gasteiger charge is -2.16. The predicted octanol–water partition coefficient (Wildman–Crippen LogP) is 1.48. The Labute approximate surface area is 102 Å². The molecular formula is C11H10ClNO4. The molecular weight excluding hydrogens is 246 g/mol. The van der Waals surface area contributed by atoms with Crippen molar-refractivity contribution in [2.45, 2.75) is 6.42 Å². The summed E-state index contributed by atoms with van der Waals surface area (Å²) in [7, 11) is 0. The number of anilines is 1. The van der Waals surface area contributed by atoms with E-state index in [4.69, 9.17) is 16.7 Å². The molecule has 1 aliphatic heterocycles. The smallest absolute Gasteiger partial charge is 0.308 e. The van der Waals surface area contributed by atoms with Crippen LogP contribution < -0.4 is 4.90 Å². The van der Waals surface area contributed by atoms with Crippen LogP contribution in [0.2, 0.25) is 5.02 Å². The monoisotopic (exact) mass is 255 g/mol. The van der Waals surface area contributed by atoms with Crippen LogP contribution in [0.15, 0.2) is 18.2 Å². The SMILES string of the molecule is O=C(O)C1CC(=O)N(c2ccc(O)c(Cl)c2)C1. The summed E-state index contributed by atoms with van der Waals surface area (Å²) in [5.41, 5.74) is 0.501. The molecule has 6 heteroatoms. The lowest BCUT2D eigenvalue weighted by Crippen LogP contribution is -2.25. The number of nitrogens with zero attached hydrogens (tertiary/aromatic N) is 1. The zero-order valence-electron chi connectivity index (χ0n) is 8.76. The van der Waals surface area contributed by atoms with Gasteiger partial charge in [0.1, 0.15) is 5.75 Å². The minimum atomic E-state index is -0.981. The Morgan fingerprint density at radius 2 is 2.18 bits per heavy atom. The second kappa shape index (κ2) is 4.25. The molecule has 17 heavy (non-hydrogen) atoms. The lowest BCUT2D eigenvalue weighted by atomic mass is 10.1. The number of phenolic OH excluding ortho intramolecular Hbond substituents is 1. The number of benzene rings is 1. The van der Waals surface area contributed by atoms with E-state index in [0.717, 1.165) is 0 Å². The van der Waals surface area contributed by atoms with Crippen LogP contribution in [0.5, 0.6) is 5.75 Å². The van der Waals surface area contributed by atoms with Crippen molar-refractivity contribution in [2.75, 3.05) is 11.4 Å². The molecule has 0 aliphatic carbocycles. The summed E-state index contributed by atoms with van der Waals surface area (Å²) in [5, 5.41) is 18.2. The Kier molecular flexibility index (Phi) is 2.93. The van der Waals surface area contributed by atoms with E-state index in [-0.39, 0.29) is 29.6 Å². The molecule has 0 radical (unpaired) electrons. The van der Waals surface area contributed by atoms with E-state index in [1.807, 2.05) is 0 Å². The van der Waals surface area contributed by atoms with Crippen LogP contribution in [0.1, 0.15) is 6.42 Å². The van der Waals surface area contributed by atoms with Gasteiger partial charge in [-0.2, -0.15) is 0 Å². The van der Waals surface area contributed by atoms with Crippen molar-refractivity contribution in [1.82, 2.24) is 0 Å². The summed E-state index contributed by atoms with van der Waals surface area (Å²) in [6, 6.07) is 4.35. The van der Waals surface area contributed by atoms with E-state index in [2.05, 4.69) is 0 Å². The molecule has 1 atom stereocenters. The van der Waals surface area contributed by atoms with Gasteiger partial charge in [0.05, 0.1) is 10.9 Å². The molecule has 1 unspecified atom stereocenters. The van der Waals surface area contributed by atoms with Crippen molar-refractivity contribution < 1.29 is 19.8 Å². The first-order valence-corrected chi connectivity index (χ1v) is 5.38. The molecule has 1 saturated heterocycles. The van der Waals surface area contributed by atoms with Crippen LogP contribution >= 0.6 is 11.6 Å². The van der Waals surface area contributed by atoms with Gasteiger partial charge < -0.3 is 15.1 Å². The molecule has 2 rings (SSSR count). The van der Waals surface area contributed by atoms with Crippen LogP contribution in [-0.4, -0.2) is 28.6 Å². The Bertz CT molecular complexity index is 488. The van der Waals surface area contributed by atoms with Gasteiger partial charge in [0.2, 0.25) is 5.91 Å². The maximum atomic E-state index is 11.6. The molecule has 5 nitrogen and oxygen atoms in total. The number of carboxylic acid groups (broad SMARTS) is 1. The van der Waals surface area contributed by atoms with Crippen LogP contribution in [0.4, 0.5) is 5.69 Å². The summed E-state index contributed by atoms with van der Waals surface area (Å²) in [4.78, 5) is 23.8. The zero-order valence-corrected chi connectivity index (χ0v) is 9.52. The largest absolute Gasteiger partial charge is 0.506 e. The lowest BCUT2D eigenvalue weighted by molar-refractivity contribution is -0.141. The fourth-order valence-corrected chi connectivity index (χ4v) is 1.96. The summed E-state index contributed by atoms with van der Waals surface area (Å²) in [6.45, 7) is 0.134. The van der Waals surface area contributed by atoms with E-state index < -0.39 is 11.9 Å². The third-order valence-electron chi connectivity index (χ3n) is 2.72. The third-order valence-corrected chi connectivity index (χ3v) is 3.02. The van der Waals surface area contributed by atoms with Crippen molar-refractivity contribution in [2.24, 2.45) is 5.92 Å². The fraction of sp³-hybridized carbons (Fsp3) is 0.273. The fourth-order valence-electron chi connectivity index (χ4n) is 1.79. The van der Waals surface area contributed by atoms with Crippen molar-refractivity contribution in [3.63, 3.8) is 0 Å². The predicted molar refractivity (Wildman–Crippen MR) is 61.2 cm³/mol. The van der Waals surface area contributed by atoms with E-state index in [1.165, 1.54) is 23.1 Å². The van der Waals surface area contributed by atoms with Crippen LogP contribution in [0.25, 0.3) is 0 Å². The normalized spacial score (nSPS) is 19.7. The highest BCUT2D eigenvalue weighted by Gasteiger charge is 2.35. The number of hydrogen-bond donors (Lipinski definition) is 2. The minimum Gasteiger partial charge on any atom is -0.506 e. The highest BCUT2D eigenvalue weighted by atomic mass is 35.5. The first-order valence-electron chi connectivity index (χ1n) is 5.00. The molecule has 1 heterocycles. The summed E-state index contributed by atoms with van der Waals surface area (Å²) in [6.07, 6.45) is -0.00612. The zero-order chi connectivity index (χ0) is 12.6. The second-order valence-electron chi connectivity index (χ2n) is 3.88. The number of carbonyl (C=O) groups is 2. The molecule has 0 aromatic heterocycles. The number of amides is 1. The van der Waals surface area contributed by atoms with Gasteiger partial charge in [-0.25, -0.2) is 0 Å². The summed E-state index contributed by atoms with van der Waals surface area (Å²) < 4.78 is 0. The van der Waals surface area contributed by atoms with Gasteiger partial charge in [-0.05, 0) is 18.2 Å².